The van der Waals surface area contributed by atoms with Gasteiger partial charge in [-0.3, -0.25) is 0 Å². The Hall–Kier alpha value is -1.25. The average Bonchev–Trinajstić information content (AvgIpc) is 2.77. The van der Waals surface area contributed by atoms with Crippen LogP contribution in [0.4, 0.5) is 13.2 Å². The van der Waals surface area contributed by atoms with Crippen LogP contribution in [0.2, 0.25) is 0 Å². The maximum absolute atomic E-state index is 12.6. The first-order valence-corrected chi connectivity index (χ1v) is 7.94. The van der Waals surface area contributed by atoms with Crippen LogP contribution in [0, 0.1) is 0 Å². The summed E-state index contributed by atoms with van der Waals surface area (Å²) < 4.78 is 37.7. The number of nitrogens with two attached hydrogens (primary N) is 2. The molecule has 2 aromatic rings. The van der Waals surface area contributed by atoms with Gasteiger partial charge in [0.15, 0.2) is 0 Å². The van der Waals surface area contributed by atoms with Crippen molar-refractivity contribution in [2.24, 2.45) is 11.5 Å². The van der Waals surface area contributed by atoms with Crippen LogP contribution in [0.1, 0.15) is 36.3 Å². The molecule has 1 aliphatic carbocycles. The fourth-order valence-corrected chi connectivity index (χ4v) is 4.18. The summed E-state index contributed by atoms with van der Waals surface area (Å²) in [6, 6.07) is 1.52. The molecule has 0 bridgehead atoms. The van der Waals surface area contributed by atoms with Crippen molar-refractivity contribution in [1.82, 2.24) is 9.97 Å². The molecule has 4 nitrogen and oxygen atoms in total. The molecule has 2 atom stereocenters. The molecule has 0 aliphatic heterocycles. The van der Waals surface area contributed by atoms with Crippen LogP contribution in [0.15, 0.2) is 12.4 Å². The normalized spacial score (nSPS) is 26.5. The predicted octanol–water partition coefficient (Wildman–Crippen LogP) is 2.85. The van der Waals surface area contributed by atoms with Crippen LogP contribution in [-0.4, -0.2) is 22.2 Å². The van der Waals surface area contributed by atoms with Crippen LogP contribution in [0.5, 0.6) is 0 Å². The quantitative estimate of drug-likeness (QED) is 0.887. The van der Waals surface area contributed by atoms with Gasteiger partial charge in [-0.25, -0.2) is 9.97 Å². The molecule has 0 amide bonds. The highest BCUT2D eigenvalue weighted by Gasteiger charge is 2.36. The topological polar surface area (TPSA) is 77.8 Å². The van der Waals surface area contributed by atoms with E-state index in [1.807, 2.05) is 0 Å². The molecule has 2 unspecified atom stereocenters. The van der Waals surface area contributed by atoms with Crippen molar-refractivity contribution in [3.63, 3.8) is 0 Å². The van der Waals surface area contributed by atoms with E-state index in [0.29, 0.717) is 22.3 Å². The van der Waals surface area contributed by atoms with Gasteiger partial charge in [0.1, 0.15) is 11.2 Å². The zero-order valence-corrected chi connectivity index (χ0v) is 12.7. The Kier molecular flexibility index (Phi) is 3.86. The van der Waals surface area contributed by atoms with Crippen molar-refractivity contribution in [2.45, 2.75) is 49.9 Å². The zero-order valence-electron chi connectivity index (χ0n) is 11.9. The fraction of sp³-hybridized carbons (Fsp3) is 0.571. The predicted molar refractivity (Wildman–Crippen MR) is 79.5 cm³/mol. The molecule has 2 heterocycles. The highest BCUT2D eigenvalue weighted by Crippen LogP contribution is 2.39. The number of aromatic nitrogens is 2. The summed E-state index contributed by atoms with van der Waals surface area (Å²) >= 11 is 1.04. The Morgan fingerprint density at radius 3 is 2.82 bits per heavy atom. The van der Waals surface area contributed by atoms with Gasteiger partial charge in [0, 0.05) is 16.3 Å². The van der Waals surface area contributed by atoms with Gasteiger partial charge in [-0.1, -0.05) is 0 Å². The molecule has 1 aliphatic rings. The third kappa shape index (κ3) is 3.09. The largest absolute Gasteiger partial charge is 0.393 e. The molecule has 120 valence electrons. The summed E-state index contributed by atoms with van der Waals surface area (Å²) in [5.74, 6) is 0. The molecule has 2 aromatic heterocycles. The number of alkyl halides is 3. The lowest BCUT2D eigenvalue weighted by atomic mass is 9.77. The van der Waals surface area contributed by atoms with Gasteiger partial charge in [-0.05, 0) is 31.7 Å². The van der Waals surface area contributed by atoms with Crippen molar-refractivity contribution in [3.05, 3.63) is 23.0 Å². The van der Waals surface area contributed by atoms with E-state index in [2.05, 4.69) is 9.97 Å². The lowest BCUT2D eigenvalue weighted by Crippen LogP contribution is -2.46. The summed E-state index contributed by atoms with van der Waals surface area (Å²) in [6.07, 6.45) is -0.688. The molecular weight excluding hydrogens is 313 g/mol. The van der Waals surface area contributed by atoms with E-state index >= 15 is 0 Å². The summed E-state index contributed by atoms with van der Waals surface area (Å²) in [7, 11) is 0. The Morgan fingerprint density at radius 2 is 2.14 bits per heavy atom. The highest BCUT2D eigenvalue weighted by atomic mass is 32.1. The van der Waals surface area contributed by atoms with E-state index in [1.54, 1.807) is 0 Å². The lowest BCUT2D eigenvalue weighted by Gasteiger charge is -2.36. The first-order chi connectivity index (χ1) is 10.3. The van der Waals surface area contributed by atoms with Crippen LogP contribution in [-0.2, 0) is 12.0 Å². The highest BCUT2D eigenvalue weighted by molar-refractivity contribution is 7.18. The van der Waals surface area contributed by atoms with Crippen LogP contribution in [0.25, 0.3) is 10.2 Å². The zero-order chi connectivity index (χ0) is 16.0. The van der Waals surface area contributed by atoms with E-state index in [9.17, 15) is 13.2 Å². The van der Waals surface area contributed by atoms with Gasteiger partial charge in [-0.2, -0.15) is 13.2 Å². The van der Waals surface area contributed by atoms with Crippen molar-refractivity contribution < 1.29 is 13.2 Å². The SMILES string of the molecule is NC1CCCC(N)(c2ncnc3sc(CC(F)(F)F)cc23)C1. The number of halogens is 3. The number of rotatable bonds is 2. The summed E-state index contributed by atoms with van der Waals surface area (Å²) in [5.41, 5.74) is 12.4. The lowest BCUT2D eigenvalue weighted by molar-refractivity contribution is -0.126. The maximum Gasteiger partial charge on any atom is 0.393 e. The summed E-state index contributed by atoms with van der Waals surface area (Å²) in [4.78, 5) is 9.15. The Morgan fingerprint density at radius 1 is 1.36 bits per heavy atom. The monoisotopic (exact) mass is 330 g/mol. The fourth-order valence-electron chi connectivity index (χ4n) is 3.15. The number of hydrogen-bond donors (Lipinski definition) is 2. The molecule has 0 spiro atoms. The molecule has 1 saturated carbocycles. The van der Waals surface area contributed by atoms with Gasteiger partial charge in [0.25, 0.3) is 0 Å². The van der Waals surface area contributed by atoms with E-state index in [0.717, 1.165) is 30.6 Å². The van der Waals surface area contributed by atoms with E-state index in [-0.39, 0.29) is 10.9 Å². The number of fused-ring (bicyclic) bond motifs is 1. The molecule has 8 heteroatoms. The van der Waals surface area contributed by atoms with Gasteiger partial charge >= 0.3 is 6.18 Å². The second-order valence-electron chi connectivity index (χ2n) is 5.96. The van der Waals surface area contributed by atoms with Crippen LogP contribution >= 0.6 is 11.3 Å². The van der Waals surface area contributed by atoms with Crippen molar-refractivity contribution in [3.8, 4) is 0 Å². The number of nitrogens with zero attached hydrogens (tertiary/aromatic N) is 2. The molecule has 0 saturated heterocycles. The van der Waals surface area contributed by atoms with Crippen LogP contribution in [0.3, 0.4) is 0 Å². The minimum Gasteiger partial charge on any atom is -0.328 e. The van der Waals surface area contributed by atoms with Gasteiger partial charge < -0.3 is 11.5 Å². The minimum absolute atomic E-state index is 0.00273. The third-order valence-corrected chi connectivity index (χ3v) is 5.09. The standard InChI is InChI=1S/C14H17F3N4S/c15-14(16,17)6-9-4-10-11(20-7-21-12(10)22-9)13(19)3-1-2-8(18)5-13/h4,7-8H,1-3,5-6,18-19H2. The van der Waals surface area contributed by atoms with Crippen molar-refractivity contribution >= 4 is 21.6 Å². The molecule has 4 N–H and O–H groups in total. The molecule has 0 aromatic carbocycles. The Balaban J connectivity index is 2.03. The summed E-state index contributed by atoms with van der Waals surface area (Å²) in [6.45, 7) is 0. The van der Waals surface area contributed by atoms with E-state index in [1.165, 1.54) is 12.4 Å². The second-order valence-corrected chi connectivity index (χ2v) is 7.07. The Bertz CT molecular complexity index is 684. The van der Waals surface area contributed by atoms with E-state index < -0.39 is 18.1 Å². The molecule has 1 fully saturated rings. The van der Waals surface area contributed by atoms with Gasteiger partial charge in [0.05, 0.1) is 17.7 Å². The second kappa shape index (κ2) is 5.43. The smallest absolute Gasteiger partial charge is 0.328 e. The minimum atomic E-state index is -4.23. The van der Waals surface area contributed by atoms with E-state index in [4.69, 9.17) is 11.5 Å². The maximum atomic E-state index is 12.6. The molecule has 22 heavy (non-hydrogen) atoms. The Labute approximate surface area is 129 Å². The first kappa shape index (κ1) is 15.6. The number of thiophene rings is 1. The van der Waals surface area contributed by atoms with Gasteiger partial charge in [0.2, 0.25) is 0 Å². The summed E-state index contributed by atoms with van der Waals surface area (Å²) in [5, 5.41) is 0.628. The number of hydrogen-bond acceptors (Lipinski definition) is 5. The molecule has 0 radical (unpaired) electrons. The first-order valence-electron chi connectivity index (χ1n) is 7.12. The van der Waals surface area contributed by atoms with Crippen molar-refractivity contribution in [2.75, 3.05) is 0 Å². The molecular formula is C14H17F3N4S. The van der Waals surface area contributed by atoms with Gasteiger partial charge in [-0.15, -0.1) is 11.3 Å². The average molecular weight is 330 g/mol. The third-order valence-electron chi connectivity index (χ3n) is 4.05. The van der Waals surface area contributed by atoms with Crippen LogP contribution < -0.4 is 11.5 Å². The molecule has 3 rings (SSSR count). The van der Waals surface area contributed by atoms with Crippen molar-refractivity contribution in [1.29, 1.82) is 0 Å².